The first-order valence-electron chi connectivity index (χ1n) is 7.62. The molecule has 1 N–H and O–H groups in total. The second-order valence-corrected chi connectivity index (χ2v) is 5.70. The van der Waals surface area contributed by atoms with E-state index in [9.17, 15) is 9.59 Å². The number of nitrogens with zero attached hydrogens (tertiary/aromatic N) is 4. The van der Waals surface area contributed by atoms with Crippen LogP contribution in [0.5, 0.6) is 0 Å². The lowest BCUT2D eigenvalue weighted by Gasteiger charge is -2.29. The van der Waals surface area contributed by atoms with Crippen molar-refractivity contribution in [2.24, 2.45) is 5.92 Å². The second-order valence-electron chi connectivity index (χ2n) is 5.70. The van der Waals surface area contributed by atoms with E-state index >= 15 is 0 Å². The number of carbonyl (C=O) groups excluding carboxylic acids is 1. The molecule has 7 nitrogen and oxygen atoms in total. The molecule has 0 radical (unpaired) electrons. The second kappa shape index (κ2) is 7.72. The van der Waals surface area contributed by atoms with E-state index in [1.807, 2.05) is 0 Å². The van der Waals surface area contributed by atoms with Crippen LogP contribution in [-0.2, 0) is 11.3 Å². The molecule has 0 aliphatic heterocycles. The number of aromatic nitrogens is 3. The van der Waals surface area contributed by atoms with Crippen LogP contribution in [0.15, 0.2) is 18.9 Å². The average molecular weight is 306 g/mol. The van der Waals surface area contributed by atoms with E-state index in [2.05, 4.69) is 16.9 Å². The first-order chi connectivity index (χ1) is 10.6. The van der Waals surface area contributed by atoms with E-state index in [4.69, 9.17) is 5.11 Å². The van der Waals surface area contributed by atoms with Crippen LogP contribution in [0, 0.1) is 5.92 Å². The molecule has 1 saturated carbocycles. The summed E-state index contributed by atoms with van der Waals surface area (Å²) >= 11 is 0. The van der Waals surface area contributed by atoms with Gasteiger partial charge in [-0.1, -0.05) is 30.6 Å². The third-order valence-electron chi connectivity index (χ3n) is 3.96. The molecular formula is C15H22N4O3. The van der Waals surface area contributed by atoms with Gasteiger partial charge in [0.2, 0.25) is 5.91 Å². The van der Waals surface area contributed by atoms with Crippen LogP contribution in [0.4, 0.5) is 0 Å². The molecule has 1 fully saturated rings. The minimum absolute atomic E-state index is 0.000833. The average Bonchev–Trinajstić information content (AvgIpc) is 2.96. The number of carboxylic acids is 1. The molecule has 1 aliphatic rings. The van der Waals surface area contributed by atoms with Crippen molar-refractivity contribution in [3.63, 3.8) is 0 Å². The molecule has 0 atom stereocenters. The van der Waals surface area contributed by atoms with Gasteiger partial charge in [0.15, 0.2) is 5.69 Å². The lowest BCUT2D eigenvalue weighted by atomic mass is 9.89. The fourth-order valence-electron chi connectivity index (χ4n) is 2.83. The Labute approximate surface area is 129 Å². The molecule has 22 heavy (non-hydrogen) atoms. The number of amides is 1. The summed E-state index contributed by atoms with van der Waals surface area (Å²) in [6.07, 6.45) is 9.04. The number of hydrogen-bond acceptors (Lipinski definition) is 4. The van der Waals surface area contributed by atoms with Crippen molar-refractivity contribution in [2.45, 2.75) is 38.6 Å². The van der Waals surface area contributed by atoms with E-state index in [1.165, 1.54) is 30.1 Å². The van der Waals surface area contributed by atoms with Gasteiger partial charge in [-0.15, -0.1) is 11.7 Å². The van der Waals surface area contributed by atoms with Gasteiger partial charge in [0, 0.05) is 13.1 Å². The van der Waals surface area contributed by atoms with E-state index in [1.54, 1.807) is 11.0 Å². The van der Waals surface area contributed by atoms with Crippen molar-refractivity contribution in [3.8, 4) is 0 Å². The Balaban J connectivity index is 1.95. The largest absolute Gasteiger partial charge is 0.476 e. The highest BCUT2D eigenvalue weighted by Crippen LogP contribution is 2.24. The molecule has 0 spiro atoms. The molecule has 1 heterocycles. The highest BCUT2D eigenvalue weighted by molar-refractivity contribution is 5.84. The van der Waals surface area contributed by atoms with Gasteiger partial charge in [0.1, 0.15) is 6.54 Å². The van der Waals surface area contributed by atoms with Crippen LogP contribution < -0.4 is 0 Å². The molecule has 1 aliphatic carbocycles. The lowest BCUT2D eigenvalue weighted by Crippen LogP contribution is -2.38. The first kappa shape index (κ1) is 16.2. The number of aromatic carboxylic acids is 1. The summed E-state index contributed by atoms with van der Waals surface area (Å²) in [5.41, 5.74) is -0.157. The fraction of sp³-hybridized carbons (Fsp3) is 0.600. The maximum Gasteiger partial charge on any atom is 0.358 e. The Morgan fingerprint density at radius 3 is 2.73 bits per heavy atom. The van der Waals surface area contributed by atoms with Crippen molar-refractivity contribution < 1.29 is 14.7 Å². The first-order valence-corrected chi connectivity index (χ1v) is 7.62. The normalized spacial score (nSPS) is 15.5. The number of hydrogen-bond donors (Lipinski definition) is 1. The predicted octanol–water partition coefficient (Wildman–Crippen LogP) is 1.57. The van der Waals surface area contributed by atoms with E-state index in [0.717, 1.165) is 19.4 Å². The van der Waals surface area contributed by atoms with Gasteiger partial charge in [-0.3, -0.25) is 4.79 Å². The highest BCUT2D eigenvalue weighted by atomic mass is 16.4. The van der Waals surface area contributed by atoms with E-state index in [0.29, 0.717) is 12.5 Å². The monoisotopic (exact) mass is 306 g/mol. The molecule has 0 saturated heterocycles. The van der Waals surface area contributed by atoms with Crippen LogP contribution in [0.25, 0.3) is 0 Å². The maximum absolute atomic E-state index is 12.4. The molecule has 0 unspecified atom stereocenters. The minimum atomic E-state index is -1.15. The van der Waals surface area contributed by atoms with Crippen molar-refractivity contribution in [1.29, 1.82) is 0 Å². The zero-order chi connectivity index (χ0) is 15.9. The summed E-state index contributed by atoms with van der Waals surface area (Å²) in [5, 5.41) is 16.0. The van der Waals surface area contributed by atoms with Crippen LogP contribution in [-0.4, -0.2) is 50.0 Å². The van der Waals surface area contributed by atoms with Gasteiger partial charge < -0.3 is 10.0 Å². The molecule has 120 valence electrons. The Bertz CT molecular complexity index is 535. The maximum atomic E-state index is 12.4. The third kappa shape index (κ3) is 4.41. The molecule has 0 aromatic carbocycles. The van der Waals surface area contributed by atoms with Crippen LogP contribution in [0.2, 0.25) is 0 Å². The molecule has 1 aromatic heterocycles. The standard InChI is InChI=1S/C15H22N4O3/c1-2-8-18(9-12-6-4-3-5-7-12)14(20)11-19-10-13(15(21)22)16-17-19/h2,10,12H,1,3-9,11H2,(H,21,22). The lowest BCUT2D eigenvalue weighted by molar-refractivity contribution is -0.132. The smallest absolute Gasteiger partial charge is 0.358 e. The van der Waals surface area contributed by atoms with Crippen molar-refractivity contribution in [2.75, 3.05) is 13.1 Å². The van der Waals surface area contributed by atoms with Crippen LogP contribution in [0.1, 0.15) is 42.6 Å². The Morgan fingerprint density at radius 2 is 2.14 bits per heavy atom. The summed E-state index contributed by atoms with van der Waals surface area (Å²) < 4.78 is 1.27. The highest BCUT2D eigenvalue weighted by Gasteiger charge is 2.21. The third-order valence-corrected chi connectivity index (χ3v) is 3.96. The van der Waals surface area contributed by atoms with Crippen molar-refractivity contribution in [1.82, 2.24) is 19.9 Å². The SMILES string of the molecule is C=CCN(CC1CCCCC1)C(=O)Cn1cc(C(=O)O)nn1. The summed E-state index contributed by atoms with van der Waals surface area (Å²) in [6.45, 7) is 4.93. The zero-order valence-corrected chi connectivity index (χ0v) is 12.6. The minimum Gasteiger partial charge on any atom is -0.476 e. The van der Waals surface area contributed by atoms with Gasteiger partial charge in [-0.25, -0.2) is 9.48 Å². The molecular weight excluding hydrogens is 284 g/mol. The van der Waals surface area contributed by atoms with E-state index in [-0.39, 0.29) is 18.1 Å². The summed E-state index contributed by atoms with van der Waals surface area (Å²) in [4.78, 5) is 24.9. The van der Waals surface area contributed by atoms with Crippen LogP contribution in [0.3, 0.4) is 0 Å². The fourth-order valence-corrected chi connectivity index (χ4v) is 2.83. The molecule has 1 amide bonds. The zero-order valence-electron chi connectivity index (χ0n) is 12.6. The Hall–Kier alpha value is -2.18. The van der Waals surface area contributed by atoms with Gasteiger partial charge in [-0.05, 0) is 18.8 Å². The van der Waals surface area contributed by atoms with Crippen molar-refractivity contribution >= 4 is 11.9 Å². The molecule has 1 aromatic rings. The number of rotatable bonds is 7. The van der Waals surface area contributed by atoms with Gasteiger partial charge in [0.25, 0.3) is 0 Å². The van der Waals surface area contributed by atoms with E-state index < -0.39 is 5.97 Å². The van der Waals surface area contributed by atoms with Crippen molar-refractivity contribution in [3.05, 3.63) is 24.5 Å². The Kier molecular flexibility index (Phi) is 5.68. The summed E-state index contributed by atoms with van der Waals surface area (Å²) in [6, 6.07) is 0. The molecule has 7 heteroatoms. The van der Waals surface area contributed by atoms with Gasteiger partial charge in [-0.2, -0.15) is 0 Å². The van der Waals surface area contributed by atoms with Gasteiger partial charge in [0.05, 0.1) is 6.20 Å². The molecule has 2 rings (SSSR count). The van der Waals surface area contributed by atoms with Gasteiger partial charge >= 0.3 is 5.97 Å². The summed E-state index contributed by atoms with van der Waals surface area (Å²) in [5.74, 6) is -0.695. The molecule has 0 bridgehead atoms. The number of carbonyl (C=O) groups is 2. The predicted molar refractivity (Wildman–Crippen MR) is 80.3 cm³/mol. The van der Waals surface area contributed by atoms with Crippen LogP contribution >= 0.6 is 0 Å². The topological polar surface area (TPSA) is 88.3 Å². The number of carboxylic acid groups (broad SMARTS) is 1. The Morgan fingerprint density at radius 1 is 1.41 bits per heavy atom. The quantitative estimate of drug-likeness (QED) is 0.772. The summed E-state index contributed by atoms with van der Waals surface area (Å²) in [7, 11) is 0.